The largest absolute Gasteiger partial charge is 0.508 e. The highest BCUT2D eigenvalue weighted by Crippen LogP contribution is 2.63. The smallest absolute Gasteiger partial charge is 0.241 e. The van der Waals surface area contributed by atoms with Gasteiger partial charge in [-0.05, 0) is 92.3 Å². The van der Waals surface area contributed by atoms with E-state index in [0.29, 0.717) is 34.0 Å². The van der Waals surface area contributed by atoms with Gasteiger partial charge in [0.15, 0.2) is 0 Å². The minimum absolute atomic E-state index is 0.0572. The summed E-state index contributed by atoms with van der Waals surface area (Å²) in [5, 5.41) is 10.5. The van der Waals surface area contributed by atoms with Crippen LogP contribution in [0, 0.1) is 47.7 Å². The SMILES string of the molecule is Cc1ccc(N2C(=O)C3CC=C4C(CC5C(=O)N(c6ccc(F)c(Cl)c6)C(=O)C5(C)C4C4=COc5ccc(O)cc5C4)C3C2=O)cc1Cl. The normalized spacial score (nSPS) is 29.1. The van der Waals surface area contributed by atoms with Gasteiger partial charge in [0, 0.05) is 22.9 Å². The highest BCUT2D eigenvalue weighted by atomic mass is 35.5. The van der Waals surface area contributed by atoms with Gasteiger partial charge in [-0.25, -0.2) is 14.2 Å². The number of fused-ring (bicyclic) bond motifs is 5. The van der Waals surface area contributed by atoms with Gasteiger partial charge in [0.2, 0.25) is 23.6 Å². The number of aromatic hydroxyl groups is 1. The standard InChI is InChI=1S/C37H29Cl2FN2O6/c1-17-3-4-20(13-27(17)38)41-33(44)24-8-7-23-25(31(24)35(41)46)15-26-34(45)42(21-5-9-29(40)28(39)14-21)36(47)37(26,2)32(23)19-11-18-12-22(43)6-10-30(18)48-16-19/h3-7,9-10,12-14,16,24-26,31-32,43H,8,11,15H2,1-2H3. The lowest BCUT2D eigenvalue weighted by Gasteiger charge is -2.49. The van der Waals surface area contributed by atoms with Crippen LogP contribution in [0.15, 0.2) is 78.1 Å². The maximum Gasteiger partial charge on any atom is 0.241 e. The number of hydrogen-bond donors (Lipinski definition) is 1. The Kier molecular flexibility index (Phi) is 6.92. The van der Waals surface area contributed by atoms with Crippen molar-refractivity contribution in [2.75, 3.05) is 9.80 Å². The van der Waals surface area contributed by atoms with Gasteiger partial charge in [-0.2, -0.15) is 0 Å². The van der Waals surface area contributed by atoms with Gasteiger partial charge >= 0.3 is 0 Å². The van der Waals surface area contributed by atoms with Crippen molar-refractivity contribution in [2.45, 2.75) is 33.1 Å². The molecular weight excluding hydrogens is 658 g/mol. The summed E-state index contributed by atoms with van der Waals surface area (Å²) in [6.45, 7) is 3.60. The topological polar surface area (TPSA) is 104 Å². The Morgan fingerprint density at radius 3 is 2.38 bits per heavy atom. The van der Waals surface area contributed by atoms with Crippen LogP contribution in [0.1, 0.15) is 30.9 Å². The maximum absolute atomic E-state index is 14.6. The first kappa shape index (κ1) is 30.8. The monoisotopic (exact) mass is 686 g/mol. The predicted octanol–water partition coefficient (Wildman–Crippen LogP) is 6.93. The Labute approximate surface area is 285 Å². The van der Waals surface area contributed by atoms with Crippen molar-refractivity contribution in [3.63, 3.8) is 0 Å². The number of phenols is 1. The number of nitrogens with zero attached hydrogens (tertiary/aromatic N) is 2. The molecular formula is C37H29Cl2FN2O6. The van der Waals surface area contributed by atoms with Gasteiger partial charge in [0.25, 0.3) is 0 Å². The van der Waals surface area contributed by atoms with Crippen LogP contribution in [0.3, 0.4) is 0 Å². The molecule has 1 N–H and O–H groups in total. The Morgan fingerprint density at radius 1 is 0.896 bits per heavy atom. The number of phenolic OH excluding ortho intramolecular Hbond substituents is 1. The van der Waals surface area contributed by atoms with E-state index in [1.807, 2.05) is 13.0 Å². The number of ether oxygens (including phenoxy) is 1. The molecule has 4 amide bonds. The molecule has 0 aromatic heterocycles. The number of amides is 4. The summed E-state index contributed by atoms with van der Waals surface area (Å²) in [6.07, 6.45) is 4.31. The number of benzene rings is 3. The Bertz CT molecular complexity index is 2060. The second kappa shape index (κ2) is 10.8. The summed E-state index contributed by atoms with van der Waals surface area (Å²) in [6, 6.07) is 13.6. The molecule has 0 bridgehead atoms. The molecule has 0 spiro atoms. The van der Waals surface area contributed by atoms with Crippen LogP contribution in [-0.2, 0) is 25.6 Å². The number of hydrogen-bond acceptors (Lipinski definition) is 6. The van der Waals surface area contributed by atoms with Crippen molar-refractivity contribution in [2.24, 2.45) is 35.0 Å². The van der Waals surface area contributed by atoms with Crippen LogP contribution in [0.25, 0.3) is 0 Å². The van der Waals surface area contributed by atoms with E-state index in [1.165, 1.54) is 23.1 Å². The van der Waals surface area contributed by atoms with Crippen LogP contribution < -0.4 is 14.5 Å². The highest BCUT2D eigenvalue weighted by molar-refractivity contribution is 6.32. The van der Waals surface area contributed by atoms with Crippen LogP contribution >= 0.6 is 23.2 Å². The number of carbonyl (C=O) groups is 4. The van der Waals surface area contributed by atoms with Crippen molar-refractivity contribution in [1.29, 1.82) is 0 Å². The van der Waals surface area contributed by atoms with E-state index in [4.69, 9.17) is 27.9 Å². The summed E-state index contributed by atoms with van der Waals surface area (Å²) in [5.41, 5.74) is 2.25. The van der Waals surface area contributed by atoms with E-state index >= 15 is 0 Å². The molecule has 8 nitrogen and oxygen atoms in total. The molecule has 6 atom stereocenters. The molecule has 3 aromatic carbocycles. The molecule has 1 saturated carbocycles. The molecule has 2 aliphatic carbocycles. The van der Waals surface area contributed by atoms with E-state index in [1.54, 1.807) is 43.5 Å². The summed E-state index contributed by atoms with van der Waals surface area (Å²) in [4.78, 5) is 59.5. The van der Waals surface area contributed by atoms with Crippen molar-refractivity contribution in [3.8, 4) is 11.5 Å². The summed E-state index contributed by atoms with van der Waals surface area (Å²) < 4.78 is 20.2. The average Bonchev–Trinajstić information content (AvgIpc) is 3.42. The lowest BCUT2D eigenvalue weighted by Crippen LogP contribution is -2.51. The molecule has 3 aromatic rings. The predicted molar refractivity (Wildman–Crippen MR) is 176 cm³/mol. The minimum Gasteiger partial charge on any atom is -0.508 e. The van der Waals surface area contributed by atoms with E-state index in [0.717, 1.165) is 22.1 Å². The fraction of sp³-hybridized carbons (Fsp3) is 0.297. The molecule has 5 aliphatic rings. The number of carbonyl (C=O) groups excluding carboxylic acids is 4. The molecule has 6 unspecified atom stereocenters. The van der Waals surface area contributed by atoms with Crippen LogP contribution in [0.5, 0.6) is 11.5 Å². The first-order valence-electron chi connectivity index (χ1n) is 15.7. The molecule has 244 valence electrons. The maximum atomic E-state index is 14.6. The van der Waals surface area contributed by atoms with Gasteiger partial charge in [-0.3, -0.25) is 19.2 Å². The zero-order valence-electron chi connectivity index (χ0n) is 25.9. The first-order chi connectivity index (χ1) is 22.9. The second-order valence-corrected chi connectivity index (χ2v) is 14.3. The second-order valence-electron chi connectivity index (χ2n) is 13.5. The van der Waals surface area contributed by atoms with E-state index < -0.39 is 52.6 Å². The molecule has 2 saturated heterocycles. The van der Waals surface area contributed by atoms with Crippen LogP contribution in [0.2, 0.25) is 10.0 Å². The van der Waals surface area contributed by atoms with Crippen LogP contribution in [0.4, 0.5) is 15.8 Å². The quantitative estimate of drug-likeness (QED) is 0.237. The van der Waals surface area contributed by atoms with Crippen molar-refractivity contribution >= 4 is 58.2 Å². The third-order valence-corrected chi connectivity index (χ3v) is 11.7. The first-order valence-corrected chi connectivity index (χ1v) is 16.5. The van der Waals surface area contributed by atoms with Gasteiger partial charge in [0.1, 0.15) is 17.3 Å². The Morgan fingerprint density at radius 2 is 1.62 bits per heavy atom. The fourth-order valence-electron chi connectivity index (χ4n) is 8.69. The molecule has 48 heavy (non-hydrogen) atoms. The van der Waals surface area contributed by atoms with E-state index in [2.05, 4.69) is 0 Å². The molecule has 11 heteroatoms. The Hall–Kier alpha value is -4.47. The zero-order valence-corrected chi connectivity index (χ0v) is 27.4. The third kappa shape index (κ3) is 4.26. The lowest BCUT2D eigenvalue weighted by molar-refractivity contribution is -0.132. The van der Waals surface area contributed by atoms with Gasteiger partial charge in [-0.1, -0.05) is 40.9 Å². The number of anilines is 2. The number of rotatable bonds is 3. The minimum atomic E-state index is -1.31. The molecule has 0 radical (unpaired) electrons. The molecule has 8 rings (SSSR count). The summed E-state index contributed by atoms with van der Waals surface area (Å²) in [7, 11) is 0. The molecule has 3 heterocycles. The Balaban J connectivity index is 1.25. The van der Waals surface area contributed by atoms with E-state index in [9.17, 15) is 28.7 Å². The van der Waals surface area contributed by atoms with Gasteiger partial charge in [-0.15, -0.1) is 0 Å². The van der Waals surface area contributed by atoms with Gasteiger partial charge < -0.3 is 9.84 Å². The average molecular weight is 688 g/mol. The fourth-order valence-corrected chi connectivity index (χ4v) is 9.04. The molecule has 3 aliphatic heterocycles. The van der Waals surface area contributed by atoms with Crippen molar-refractivity contribution in [3.05, 3.63) is 105 Å². The van der Waals surface area contributed by atoms with Crippen molar-refractivity contribution < 1.29 is 33.4 Å². The highest BCUT2D eigenvalue weighted by Gasteiger charge is 2.68. The zero-order chi connectivity index (χ0) is 33.8. The van der Waals surface area contributed by atoms with Crippen LogP contribution in [-0.4, -0.2) is 28.7 Å². The third-order valence-electron chi connectivity index (χ3n) is 11.0. The molecule has 3 fully saturated rings. The number of allylic oxidation sites excluding steroid dienone is 3. The number of imide groups is 2. The summed E-state index contributed by atoms with van der Waals surface area (Å²) in [5.74, 6) is -5.22. The van der Waals surface area contributed by atoms with E-state index in [-0.39, 0.29) is 41.1 Å². The number of aryl methyl sites for hydroxylation is 1. The van der Waals surface area contributed by atoms with Crippen molar-refractivity contribution in [1.82, 2.24) is 0 Å². The van der Waals surface area contributed by atoms with Gasteiger partial charge in [0.05, 0.1) is 45.8 Å². The number of halogens is 3. The lowest BCUT2D eigenvalue weighted by atomic mass is 9.51. The summed E-state index contributed by atoms with van der Waals surface area (Å²) >= 11 is 12.5.